The van der Waals surface area contributed by atoms with Gasteiger partial charge in [0.2, 0.25) is 5.88 Å². The predicted octanol–water partition coefficient (Wildman–Crippen LogP) is 5.95. The van der Waals surface area contributed by atoms with Gasteiger partial charge in [-0.15, -0.1) is 0 Å². The van der Waals surface area contributed by atoms with E-state index in [1.54, 1.807) is 18.2 Å². The normalized spacial score (nSPS) is 17.0. The largest absolute Gasteiger partial charge is 0.473 e. The van der Waals surface area contributed by atoms with E-state index < -0.39 is 5.82 Å². The molecule has 2 aromatic carbocycles. The summed E-state index contributed by atoms with van der Waals surface area (Å²) in [6, 6.07) is 17.8. The maximum Gasteiger partial charge on any atom is 0.251 e. The van der Waals surface area contributed by atoms with Crippen molar-refractivity contribution < 1.29 is 23.4 Å². The summed E-state index contributed by atoms with van der Waals surface area (Å²) in [5, 5.41) is 12.1. The Morgan fingerprint density at radius 1 is 1.06 bits per heavy atom. The first kappa shape index (κ1) is 38.3. The van der Waals surface area contributed by atoms with E-state index in [-0.39, 0.29) is 40.9 Å². The van der Waals surface area contributed by atoms with Crippen LogP contribution >= 0.6 is 0 Å². The summed E-state index contributed by atoms with van der Waals surface area (Å²) in [6.07, 6.45) is 3.00. The van der Waals surface area contributed by atoms with Gasteiger partial charge in [-0.05, 0) is 75.3 Å². The number of carbonyl (C=O) groups excluding carboxylic acids is 1. The fourth-order valence-electron chi connectivity index (χ4n) is 6.62. The van der Waals surface area contributed by atoms with Gasteiger partial charge >= 0.3 is 0 Å². The molecule has 2 saturated heterocycles. The van der Waals surface area contributed by atoms with Crippen molar-refractivity contribution in [3.05, 3.63) is 88.6 Å². The van der Waals surface area contributed by atoms with E-state index >= 15 is 0 Å². The number of benzene rings is 2. The molecule has 4 aromatic rings. The molecule has 0 bridgehead atoms. The predicted molar refractivity (Wildman–Crippen MR) is 201 cm³/mol. The van der Waals surface area contributed by atoms with Crippen molar-refractivity contribution in [2.24, 2.45) is 16.6 Å². The van der Waals surface area contributed by atoms with Crippen molar-refractivity contribution in [3.63, 3.8) is 0 Å². The van der Waals surface area contributed by atoms with Crippen LogP contribution in [0.15, 0.2) is 54.6 Å². The monoisotopic (exact) mass is 725 g/mol. The Balaban J connectivity index is 1.07. The Morgan fingerprint density at radius 3 is 2.53 bits per heavy atom. The molecule has 1 unspecified atom stereocenters. The Kier molecular flexibility index (Phi) is 12.1. The highest BCUT2D eigenvalue weighted by atomic mass is 19.1. The fourth-order valence-corrected chi connectivity index (χ4v) is 6.62. The van der Waals surface area contributed by atoms with Gasteiger partial charge in [0.05, 0.1) is 55.1 Å². The highest BCUT2D eigenvalue weighted by molar-refractivity contribution is 5.97. The van der Waals surface area contributed by atoms with Crippen LogP contribution in [0, 0.1) is 28.0 Å². The summed E-state index contributed by atoms with van der Waals surface area (Å²) in [6.45, 7) is 14.4. The molecule has 0 spiro atoms. The Morgan fingerprint density at radius 2 is 1.83 bits per heavy atom. The number of fused-ring (bicyclic) bond motifs is 1. The summed E-state index contributed by atoms with van der Waals surface area (Å²) < 4.78 is 34.2. The van der Waals surface area contributed by atoms with Crippen molar-refractivity contribution in [3.8, 4) is 11.9 Å². The number of piperidine rings is 1. The molecule has 2 fully saturated rings. The van der Waals surface area contributed by atoms with Crippen LogP contribution < -0.4 is 15.8 Å². The number of nitrogens with zero attached hydrogens (tertiary/aromatic N) is 5. The molecule has 12 heteroatoms. The van der Waals surface area contributed by atoms with Crippen LogP contribution in [0.4, 0.5) is 4.39 Å². The maximum atomic E-state index is 14.4. The second-order valence-corrected chi connectivity index (χ2v) is 16.0. The minimum atomic E-state index is -0.465. The Hall–Kier alpha value is -4.41. The van der Waals surface area contributed by atoms with E-state index in [1.807, 2.05) is 36.4 Å². The molecule has 4 heterocycles. The minimum Gasteiger partial charge on any atom is -0.473 e. The van der Waals surface area contributed by atoms with Crippen molar-refractivity contribution in [1.29, 1.82) is 5.26 Å². The number of likely N-dealkylation sites (tertiary alicyclic amines) is 1. The molecule has 6 rings (SSSR count). The number of pyridine rings is 1. The van der Waals surface area contributed by atoms with Crippen molar-refractivity contribution in [2.45, 2.75) is 78.7 Å². The van der Waals surface area contributed by atoms with Crippen LogP contribution in [0.1, 0.15) is 85.9 Å². The second kappa shape index (κ2) is 16.7. The number of halogens is 1. The lowest BCUT2D eigenvalue weighted by Gasteiger charge is -2.32. The van der Waals surface area contributed by atoms with E-state index in [0.29, 0.717) is 56.4 Å². The van der Waals surface area contributed by atoms with Gasteiger partial charge in [0.25, 0.3) is 5.91 Å². The molecular weight excluding hydrogens is 673 g/mol. The maximum absolute atomic E-state index is 14.4. The molecule has 2 aliphatic rings. The first-order valence-corrected chi connectivity index (χ1v) is 18.6. The van der Waals surface area contributed by atoms with Gasteiger partial charge in [0.1, 0.15) is 18.2 Å². The van der Waals surface area contributed by atoms with Crippen molar-refractivity contribution in [1.82, 2.24) is 24.8 Å². The number of rotatable bonds is 16. The van der Waals surface area contributed by atoms with Gasteiger partial charge in [0.15, 0.2) is 0 Å². The topological polar surface area (TPSA) is 141 Å². The number of aromatic nitrogens is 3. The van der Waals surface area contributed by atoms with Gasteiger partial charge in [-0.1, -0.05) is 39.8 Å². The van der Waals surface area contributed by atoms with Crippen LogP contribution in [-0.4, -0.2) is 77.4 Å². The molecule has 2 aliphatic heterocycles. The van der Waals surface area contributed by atoms with Crippen LogP contribution in [0.2, 0.25) is 0 Å². The Bertz CT molecular complexity index is 1930. The molecule has 0 saturated carbocycles. The molecule has 0 radical (unpaired) electrons. The molecular formula is C41H52FN7O4. The third-order valence-corrected chi connectivity index (χ3v) is 10.2. The number of imidazole rings is 1. The number of hydrogen-bond donors (Lipinski definition) is 2. The zero-order valence-electron chi connectivity index (χ0n) is 31.4. The molecule has 1 amide bonds. The van der Waals surface area contributed by atoms with Crippen molar-refractivity contribution >= 4 is 16.9 Å². The summed E-state index contributed by atoms with van der Waals surface area (Å²) in [5.41, 5.74) is 9.54. The molecule has 0 aliphatic carbocycles. The van der Waals surface area contributed by atoms with E-state index in [9.17, 15) is 9.18 Å². The first-order chi connectivity index (χ1) is 25.4. The van der Waals surface area contributed by atoms with E-state index in [4.69, 9.17) is 35.2 Å². The first-order valence-electron chi connectivity index (χ1n) is 18.6. The fraction of sp³-hybridized carbons (Fsp3) is 0.512. The number of nitriles is 1. The lowest BCUT2D eigenvalue weighted by molar-refractivity contribution is -0.0592. The average Bonchev–Trinajstić information content (AvgIpc) is 3.47. The summed E-state index contributed by atoms with van der Waals surface area (Å²) in [7, 11) is 0. The quantitative estimate of drug-likeness (QED) is 0.144. The summed E-state index contributed by atoms with van der Waals surface area (Å²) in [4.78, 5) is 25.6. The van der Waals surface area contributed by atoms with Gasteiger partial charge in [-0.25, -0.2) is 14.4 Å². The summed E-state index contributed by atoms with van der Waals surface area (Å²) >= 11 is 0. The SMILES string of the molecule is CC(C)(CN)COCC(C)(C)CNC(=O)c1ccc2nc(CN3CCC(c4cccc(OCc5ccc(C#N)cc5F)n4)CC3)n(CC3CCO3)c2c1. The highest BCUT2D eigenvalue weighted by Crippen LogP contribution is 2.30. The van der Waals surface area contributed by atoms with Crippen LogP contribution in [0.5, 0.6) is 5.88 Å². The smallest absolute Gasteiger partial charge is 0.251 e. The molecule has 282 valence electrons. The number of carbonyl (C=O) groups is 1. The molecule has 11 nitrogen and oxygen atoms in total. The lowest BCUT2D eigenvalue weighted by atomic mass is 9.93. The lowest BCUT2D eigenvalue weighted by Crippen LogP contribution is -2.38. The number of nitrogens with one attached hydrogen (secondary N) is 1. The summed E-state index contributed by atoms with van der Waals surface area (Å²) in [5.74, 6) is 1.11. The molecule has 3 N–H and O–H groups in total. The number of nitrogens with two attached hydrogens (primary N) is 1. The van der Waals surface area contributed by atoms with Crippen LogP contribution in [-0.2, 0) is 29.2 Å². The number of hydrogen-bond acceptors (Lipinski definition) is 9. The molecule has 53 heavy (non-hydrogen) atoms. The number of amides is 1. The number of ether oxygens (including phenoxy) is 3. The van der Waals surface area contributed by atoms with E-state index in [0.717, 1.165) is 61.5 Å². The average molecular weight is 726 g/mol. The second-order valence-electron chi connectivity index (χ2n) is 16.0. The van der Waals surface area contributed by atoms with Crippen LogP contribution in [0.25, 0.3) is 11.0 Å². The molecule has 1 atom stereocenters. The highest BCUT2D eigenvalue weighted by Gasteiger charge is 2.27. The van der Waals surface area contributed by atoms with Gasteiger partial charge < -0.3 is 29.8 Å². The van der Waals surface area contributed by atoms with Crippen LogP contribution in [0.3, 0.4) is 0 Å². The van der Waals surface area contributed by atoms with Gasteiger partial charge in [-0.2, -0.15) is 5.26 Å². The molecule has 2 aromatic heterocycles. The van der Waals surface area contributed by atoms with Gasteiger partial charge in [0, 0.05) is 52.8 Å². The third-order valence-electron chi connectivity index (χ3n) is 10.2. The minimum absolute atomic E-state index is 0.0355. The van der Waals surface area contributed by atoms with Crippen molar-refractivity contribution in [2.75, 3.05) is 46.0 Å². The Labute approximate surface area is 311 Å². The van der Waals surface area contributed by atoms with Gasteiger partial charge in [-0.3, -0.25) is 9.69 Å². The standard InChI is InChI=1S/C41H52FN7O4/c1-40(2,24-44)26-51-27-41(3,4)25-45-39(50)30-10-11-35-36(19-30)49(21-32-14-17-52-32)37(46-35)22-48-15-12-29(13-16-48)34-6-5-7-38(47-34)53-23-31-9-8-28(20-43)18-33(31)42/h5-11,18-19,29,32H,12-17,21-27,44H2,1-4H3,(H,45,50). The zero-order valence-corrected chi connectivity index (χ0v) is 31.4. The third kappa shape index (κ3) is 9.97. The zero-order chi connectivity index (χ0) is 37.6. The van der Waals surface area contributed by atoms with E-state index in [2.05, 4.69) is 42.5 Å². The van der Waals surface area contributed by atoms with E-state index in [1.165, 1.54) is 6.07 Å².